The first-order chi connectivity index (χ1) is 17.5. The first kappa shape index (κ1) is 26.9. The van der Waals surface area contributed by atoms with Crippen molar-refractivity contribution in [3.8, 4) is 6.07 Å². The molecule has 37 heavy (non-hydrogen) atoms. The Labute approximate surface area is 209 Å². The van der Waals surface area contributed by atoms with Crippen LogP contribution < -0.4 is 5.32 Å². The van der Waals surface area contributed by atoms with Gasteiger partial charge < -0.3 is 19.9 Å². The maximum absolute atomic E-state index is 13.0. The lowest BCUT2D eigenvalue weighted by Gasteiger charge is -2.33. The summed E-state index contributed by atoms with van der Waals surface area (Å²) >= 11 is 0. The quantitative estimate of drug-likeness (QED) is 0.545. The predicted octanol–water partition coefficient (Wildman–Crippen LogP) is 2.93. The Morgan fingerprint density at radius 2 is 1.92 bits per heavy atom. The van der Waals surface area contributed by atoms with Crippen molar-refractivity contribution in [1.29, 1.82) is 5.26 Å². The number of pyridine rings is 1. The molecule has 4 rings (SSSR count). The summed E-state index contributed by atoms with van der Waals surface area (Å²) in [6.07, 6.45) is -1.69. The number of aliphatic carboxylic acids is 1. The number of fused-ring (bicyclic) bond motifs is 1. The highest BCUT2D eigenvalue weighted by Gasteiger charge is 2.38. The third-order valence-corrected chi connectivity index (χ3v) is 5.36. The number of nitrogens with zero attached hydrogens (tertiary/aromatic N) is 5. The SMILES string of the molecule is CC1c2nc(C(=O)NCc3ccccn3)cn2CCN1C(=O)c1cccc(C#N)c1.O=C(O)C(F)(F)F. The molecule has 10 nitrogen and oxygen atoms in total. The summed E-state index contributed by atoms with van der Waals surface area (Å²) in [5, 5.41) is 19.0. The number of carboxylic acids is 1. The standard InChI is InChI=1S/C22H20N6O2.C2HF3O2/c1-15-20-26-19(21(29)25-13-18-7-2-3-8-24-18)14-27(20)9-10-28(15)22(30)17-6-4-5-16(11-17)12-23;3-2(4,5)1(6)7/h2-8,11,14-15H,9-10,13H2,1H3,(H,25,29);(H,6,7). The average Bonchev–Trinajstić information content (AvgIpc) is 3.33. The Hall–Kier alpha value is -4.73. The Morgan fingerprint density at radius 1 is 1.19 bits per heavy atom. The average molecular weight is 514 g/mol. The van der Waals surface area contributed by atoms with Gasteiger partial charge in [0.2, 0.25) is 0 Å². The highest BCUT2D eigenvalue weighted by Crippen LogP contribution is 2.26. The Balaban J connectivity index is 0.000000479. The van der Waals surface area contributed by atoms with Gasteiger partial charge in [0.1, 0.15) is 11.5 Å². The lowest BCUT2D eigenvalue weighted by Crippen LogP contribution is -2.41. The summed E-state index contributed by atoms with van der Waals surface area (Å²) in [6.45, 7) is 3.25. The number of nitriles is 1. The molecule has 1 aromatic carbocycles. The number of hydrogen-bond acceptors (Lipinski definition) is 6. The third-order valence-electron chi connectivity index (χ3n) is 5.36. The fraction of sp³-hybridized carbons (Fsp3) is 0.250. The van der Waals surface area contributed by atoms with Crippen LogP contribution in [-0.4, -0.2) is 55.0 Å². The number of carboxylic acid groups (broad SMARTS) is 1. The number of amides is 2. The highest BCUT2D eigenvalue weighted by molar-refractivity contribution is 5.95. The van der Waals surface area contributed by atoms with Gasteiger partial charge in [0.05, 0.1) is 29.9 Å². The Kier molecular flexibility index (Phi) is 8.23. The van der Waals surface area contributed by atoms with Gasteiger partial charge in [-0.15, -0.1) is 0 Å². The van der Waals surface area contributed by atoms with E-state index in [1.807, 2.05) is 29.7 Å². The number of benzene rings is 1. The van der Waals surface area contributed by atoms with Crippen molar-refractivity contribution in [2.45, 2.75) is 32.2 Å². The van der Waals surface area contributed by atoms with E-state index in [1.54, 1.807) is 41.6 Å². The fourth-order valence-corrected chi connectivity index (χ4v) is 3.53. The molecule has 1 atom stereocenters. The number of aromatic nitrogens is 3. The molecule has 3 heterocycles. The molecule has 2 amide bonds. The number of hydrogen-bond donors (Lipinski definition) is 2. The number of imidazole rings is 1. The second-order valence-electron chi connectivity index (χ2n) is 7.85. The smallest absolute Gasteiger partial charge is 0.475 e. The lowest BCUT2D eigenvalue weighted by atomic mass is 10.1. The van der Waals surface area contributed by atoms with E-state index >= 15 is 0 Å². The molecule has 1 aliphatic heterocycles. The van der Waals surface area contributed by atoms with Crippen LogP contribution in [-0.2, 0) is 17.9 Å². The normalized spacial score (nSPS) is 14.5. The molecular formula is C24H21F3N6O4. The van der Waals surface area contributed by atoms with Crippen molar-refractivity contribution in [2.24, 2.45) is 0 Å². The number of halogens is 3. The van der Waals surface area contributed by atoms with E-state index < -0.39 is 12.1 Å². The lowest BCUT2D eigenvalue weighted by molar-refractivity contribution is -0.192. The summed E-state index contributed by atoms with van der Waals surface area (Å²) in [7, 11) is 0. The molecular weight excluding hydrogens is 493 g/mol. The van der Waals surface area contributed by atoms with Crippen molar-refractivity contribution in [3.63, 3.8) is 0 Å². The van der Waals surface area contributed by atoms with Gasteiger partial charge in [-0.05, 0) is 37.3 Å². The molecule has 1 aliphatic rings. The topological polar surface area (TPSA) is 141 Å². The van der Waals surface area contributed by atoms with Gasteiger partial charge in [-0.3, -0.25) is 14.6 Å². The van der Waals surface area contributed by atoms with Crippen molar-refractivity contribution < 1.29 is 32.7 Å². The molecule has 0 bridgehead atoms. The third kappa shape index (κ3) is 6.69. The molecule has 13 heteroatoms. The predicted molar refractivity (Wildman–Crippen MR) is 122 cm³/mol. The van der Waals surface area contributed by atoms with E-state index in [2.05, 4.69) is 21.4 Å². The second kappa shape index (κ2) is 11.3. The zero-order valence-corrected chi connectivity index (χ0v) is 19.4. The molecule has 0 saturated heterocycles. The van der Waals surface area contributed by atoms with Crippen LogP contribution in [0.4, 0.5) is 13.2 Å². The van der Waals surface area contributed by atoms with E-state index in [9.17, 15) is 22.8 Å². The second-order valence-corrected chi connectivity index (χ2v) is 7.85. The van der Waals surface area contributed by atoms with E-state index in [4.69, 9.17) is 15.2 Å². The zero-order chi connectivity index (χ0) is 27.2. The molecule has 2 aromatic heterocycles. The Morgan fingerprint density at radius 3 is 2.54 bits per heavy atom. The number of alkyl halides is 3. The highest BCUT2D eigenvalue weighted by atomic mass is 19.4. The minimum Gasteiger partial charge on any atom is -0.475 e. The van der Waals surface area contributed by atoms with Crippen LogP contribution in [0, 0.1) is 11.3 Å². The maximum atomic E-state index is 13.0. The molecule has 3 aromatic rings. The largest absolute Gasteiger partial charge is 0.490 e. The van der Waals surface area contributed by atoms with Gasteiger partial charge >= 0.3 is 12.1 Å². The minimum atomic E-state index is -5.08. The number of carbonyl (C=O) groups is 3. The van der Waals surface area contributed by atoms with Gasteiger partial charge in [0.25, 0.3) is 11.8 Å². The molecule has 0 spiro atoms. The number of rotatable bonds is 4. The molecule has 0 radical (unpaired) electrons. The summed E-state index contributed by atoms with van der Waals surface area (Å²) in [5.74, 6) is -2.54. The zero-order valence-electron chi connectivity index (χ0n) is 19.4. The van der Waals surface area contributed by atoms with Crippen molar-refractivity contribution in [2.75, 3.05) is 6.54 Å². The summed E-state index contributed by atoms with van der Waals surface area (Å²) in [6, 6.07) is 13.9. The van der Waals surface area contributed by atoms with Gasteiger partial charge in [0.15, 0.2) is 0 Å². The van der Waals surface area contributed by atoms with Gasteiger partial charge in [0, 0.05) is 31.0 Å². The van der Waals surface area contributed by atoms with Crippen LogP contribution in [0.5, 0.6) is 0 Å². The molecule has 1 unspecified atom stereocenters. The van der Waals surface area contributed by atoms with Crippen LogP contribution in [0.15, 0.2) is 54.9 Å². The molecule has 0 aliphatic carbocycles. The van der Waals surface area contributed by atoms with Gasteiger partial charge in [-0.1, -0.05) is 12.1 Å². The summed E-state index contributed by atoms with van der Waals surface area (Å²) < 4.78 is 33.6. The van der Waals surface area contributed by atoms with Crippen LogP contribution >= 0.6 is 0 Å². The number of carbonyl (C=O) groups excluding carboxylic acids is 2. The van der Waals surface area contributed by atoms with E-state index in [1.165, 1.54) is 0 Å². The van der Waals surface area contributed by atoms with E-state index in [0.29, 0.717) is 42.3 Å². The minimum absolute atomic E-state index is 0.157. The van der Waals surface area contributed by atoms with Crippen LogP contribution in [0.2, 0.25) is 0 Å². The van der Waals surface area contributed by atoms with E-state index in [0.717, 1.165) is 5.69 Å². The molecule has 0 saturated carbocycles. The molecule has 2 N–H and O–H groups in total. The summed E-state index contributed by atoms with van der Waals surface area (Å²) in [4.78, 5) is 44.8. The Bertz CT molecular complexity index is 1330. The van der Waals surface area contributed by atoms with Gasteiger partial charge in [-0.2, -0.15) is 18.4 Å². The van der Waals surface area contributed by atoms with Crippen molar-refractivity contribution in [3.05, 3.63) is 83.2 Å². The van der Waals surface area contributed by atoms with Crippen LogP contribution in [0.25, 0.3) is 0 Å². The van der Waals surface area contributed by atoms with E-state index in [-0.39, 0.29) is 17.9 Å². The monoisotopic (exact) mass is 514 g/mol. The van der Waals surface area contributed by atoms with Crippen molar-refractivity contribution in [1.82, 2.24) is 24.8 Å². The summed E-state index contributed by atoms with van der Waals surface area (Å²) in [5.41, 5.74) is 1.99. The first-order valence-electron chi connectivity index (χ1n) is 10.9. The first-order valence-corrected chi connectivity index (χ1v) is 10.9. The van der Waals surface area contributed by atoms with Gasteiger partial charge in [-0.25, -0.2) is 9.78 Å². The van der Waals surface area contributed by atoms with Crippen molar-refractivity contribution >= 4 is 17.8 Å². The van der Waals surface area contributed by atoms with Crippen LogP contribution in [0.1, 0.15) is 50.9 Å². The fourth-order valence-electron chi connectivity index (χ4n) is 3.53. The molecule has 192 valence electrons. The maximum Gasteiger partial charge on any atom is 0.490 e. The number of nitrogens with one attached hydrogen (secondary N) is 1. The van der Waals surface area contributed by atoms with Crippen LogP contribution in [0.3, 0.4) is 0 Å². The molecule has 0 fully saturated rings.